The van der Waals surface area contributed by atoms with Gasteiger partial charge in [0.2, 0.25) is 10.0 Å². The van der Waals surface area contributed by atoms with Crippen LogP contribution in [0.5, 0.6) is 0 Å². The molecule has 0 aromatic carbocycles. The smallest absolute Gasteiger partial charge is 0.212 e. The minimum Gasteiger partial charge on any atom is -0.316 e. The fourth-order valence-corrected chi connectivity index (χ4v) is 3.60. The van der Waals surface area contributed by atoms with Gasteiger partial charge in [-0.2, -0.15) is 5.10 Å². The van der Waals surface area contributed by atoms with Gasteiger partial charge >= 0.3 is 0 Å². The summed E-state index contributed by atoms with van der Waals surface area (Å²) in [5.41, 5.74) is 0.878. The zero-order valence-corrected chi connectivity index (χ0v) is 11.4. The molecule has 1 saturated heterocycles. The van der Waals surface area contributed by atoms with Gasteiger partial charge in [0.1, 0.15) is 0 Å². The maximum atomic E-state index is 11.9. The number of piperidine rings is 1. The van der Waals surface area contributed by atoms with Crippen LogP contribution in [0.3, 0.4) is 0 Å². The number of nitrogens with zero attached hydrogens (tertiary/aromatic N) is 2. The SMILES string of the molecule is Cn1cc(CNS(=O)(=O)CC2CCCNC2)cn1. The number of aryl methyl sites for hydroxylation is 1. The molecule has 0 amide bonds. The maximum Gasteiger partial charge on any atom is 0.212 e. The third-order valence-corrected chi connectivity index (χ3v) is 4.60. The van der Waals surface area contributed by atoms with Gasteiger partial charge in [0.15, 0.2) is 0 Å². The molecule has 7 heteroatoms. The zero-order chi connectivity index (χ0) is 13.0. The lowest BCUT2D eigenvalue weighted by atomic mass is 10.0. The van der Waals surface area contributed by atoms with E-state index in [1.165, 1.54) is 0 Å². The molecule has 2 N–H and O–H groups in total. The van der Waals surface area contributed by atoms with Crippen LogP contribution in [0.1, 0.15) is 18.4 Å². The highest BCUT2D eigenvalue weighted by molar-refractivity contribution is 7.89. The van der Waals surface area contributed by atoms with Gasteiger partial charge in [-0.1, -0.05) is 0 Å². The highest BCUT2D eigenvalue weighted by atomic mass is 32.2. The normalized spacial score (nSPS) is 21.1. The van der Waals surface area contributed by atoms with Crippen molar-refractivity contribution in [3.05, 3.63) is 18.0 Å². The molecule has 2 rings (SSSR count). The van der Waals surface area contributed by atoms with Crippen LogP contribution in [0.15, 0.2) is 12.4 Å². The van der Waals surface area contributed by atoms with Crippen LogP contribution >= 0.6 is 0 Å². The fourth-order valence-electron chi connectivity index (χ4n) is 2.19. The summed E-state index contributed by atoms with van der Waals surface area (Å²) in [6.07, 6.45) is 5.53. The molecule has 2 heterocycles. The Morgan fingerprint density at radius 2 is 2.44 bits per heavy atom. The third-order valence-electron chi connectivity index (χ3n) is 3.11. The number of rotatable bonds is 5. The van der Waals surface area contributed by atoms with Crippen molar-refractivity contribution in [3.63, 3.8) is 0 Å². The van der Waals surface area contributed by atoms with Gasteiger partial charge < -0.3 is 5.32 Å². The zero-order valence-electron chi connectivity index (χ0n) is 10.6. The molecule has 6 nitrogen and oxygen atoms in total. The lowest BCUT2D eigenvalue weighted by molar-refractivity contribution is 0.402. The average molecular weight is 272 g/mol. The summed E-state index contributed by atoms with van der Waals surface area (Å²) in [5.74, 6) is 0.436. The minimum atomic E-state index is -3.20. The lowest BCUT2D eigenvalue weighted by Gasteiger charge is -2.22. The van der Waals surface area contributed by atoms with E-state index in [2.05, 4.69) is 15.1 Å². The first-order valence-electron chi connectivity index (χ1n) is 6.21. The quantitative estimate of drug-likeness (QED) is 0.781. The number of nitrogens with one attached hydrogen (secondary N) is 2. The van der Waals surface area contributed by atoms with Gasteiger partial charge in [-0.3, -0.25) is 4.68 Å². The van der Waals surface area contributed by atoms with Gasteiger partial charge in [-0.25, -0.2) is 13.1 Å². The maximum absolute atomic E-state index is 11.9. The number of sulfonamides is 1. The van der Waals surface area contributed by atoms with Crippen molar-refractivity contribution in [2.45, 2.75) is 19.4 Å². The number of aromatic nitrogens is 2. The first-order valence-corrected chi connectivity index (χ1v) is 7.86. The van der Waals surface area contributed by atoms with Crippen molar-refractivity contribution in [2.75, 3.05) is 18.8 Å². The molecule has 18 heavy (non-hydrogen) atoms. The molecule has 1 aliphatic heterocycles. The molecule has 1 aromatic rings. The van der Waals surface area contributed by atoms with Crippen LogP contribution in [0.4, 0.5) is 0 Å². The molecule has 0 spiro atoms. The van der Waals surface area contributed by atoms with Gasteiger partial charge in [-0.05, 0) is 31.8 Å². The van der Waals surface area contributed by atoms with E-state index in [9.17, 15) is 8.42 Å². The molecule has 0 aliphatic carbocycles. The van der Waals surface area contributed by atoms with E-state index in [1.807, 2.05) is 13.2 Å². The Morgan fingerprint density at radius 3 is 3.06 bits per heavy atom. The molecular formula is C11H20N4O2S. The molecule has 1 unspecified atom stereocenters. The van der Waals surface area contributed by atoms with Crippen molar-refractivity contribution in [1.82, 2.24) is 19.8 Å². The van der Waals surface area contributed by atoms with Gasteiger partial charge in [0, 0.05) is 25.4 Å². The molecule has 1 aromatic heterocycles. The van der Waals surface area contributed by atoms with E-state index in [0.717, 1.165) is 31.5 Å². The standard InChI is InChI=1S/C11H20N4O2S/c1-15-8-11(6-13-15)7-14-18(16,17)9-10-3-2-4-12-5-10/h6,8,10,12,14H,2-5,7,9H2,1H3. The van der Waals surface area contributed by atoms with Crippen LogP contribution in [0, 0.1) is 5.92 Å². The summed E-state index contributed by atoms with van der Waals surface area (Å²) in [6, 6.07) is 0. The lowest BCUT2D eigenvalue weighted by Crippen LogP contribution is -2.37. The summed E-state index contributed by atoms with van der Waals surface area (Å²) in [4.78, 5) is 0. The van der Waals surface area contributed by atoms with Gasteiger partial charge in [-0.15, -0.1) is 0 Å². The fraction of sp³-hybridized carbons (Fsp3) is 0.727. The summed E-state index contributed by atoms with van der Waals surface area (Å²) >= 11 is 0. The number of hydrogen-bond donors (Lipinski definition) is 2. The molecular weight excluding hydrogens is 252 g/mol. The summed E-state index contributed by atoms with van der Waals surface area (Å²) in [5, 5.41) is 7.23. The first-order chi connectivity index (χ1) is 8.55. The van der Waals surface area contributed by atoms with E-state index in [1.54, 1.807) is 10.9 Å². The average Bonchev–Trinajstić information content (AvgIpc) is 2.74. The monoisotopic (exact) mass is 272 g/mol. The van der Waals surface area contributed by atoms with E-state index in [0.29, 0.717) is 6.54 Å². The van der Waals surface area contributed by atoms with Crippen LogP contribution in [-0.4, -0.2) is 37.0 Å². The molecule has 1 atom stereocenters. The Morgan fingerprint density at radius 1 is 1.61 bits per heavy atom. The van der Waals surface area contributed by atoms with Crippen molar-refractivity contribution in [2.24, 2.45) is 13.0 Å². The predicted octanol–water partition coefficient (Wildman–Crippen LogP) is -0.161. The Labute approximate surface area is 108 Å². The Bertz CT molecular complexity index is 477. The second kappa shape index (κ2) is 5.81. The Hall–Kier alpha value is -0.920. The molecule has 0 bridgehead atoms. The second-order valence-corrected chi connectivity index (χ2v) is 6.69. The largest absolute Gasteiger partial charge is 0.316 e. The molecule has 102 valence electrons. The van der Waals surface area contributed by atoms with Crippen LogP contribution in [0.25, 0.3) is 0 Å². The topological polar surface area (TPSA) is 76.0 Å². The van der Waals surface area contributed by atoms with Crippen molar-refractivity contribution in [1.29, 1.82) is 0 Å². The van der Waals surface area contributed by atoms with Crippen LogP contribution in [0.2, 0.25) is 0 Å². The highest BCUT2D eigenvalue weighted by Gasteiger charge is 2.20. The molecule has 1 fully saturated rings. The van der Waals surface area contributed by atoms with E-state index in [-0.39, 0.29) is 11.7 Å². The third kappa shape index (κ3) is 4.08. The summed E-state index contributed by atoms with van der Waals surface area (Å²) < 4.78 is 28.1. The van der Waals surface area contributed by atoms with E-state index < -0.39 is 10.0 Å². The van der Waals surface area contributed by atoms with Gasteiger partial charge in [0.05, 0.1) is 11.9 Å². The van der Waals surface area contributed by atoms with Crippen molar-refractivity contribution in [3.8, 4) is 0 Å². The predicted molar refractivity (Wildman–Crippen MR) is 69.4 cm³/mol. The first kappa shape index (κ1) is 13.5. The van der Waals surface area contributed by atoms with Crippen molar-refractivity contribution < 1.29 is 8.42 Å². The molecule has 0 radical (unpaired) electrons. The van der Waals surface area contributed by atoms with Crippen LogP contribution < -0.4 is 10.0 Å². The Kier molecular flexibility index (Phi) is 4.36. The molecule has 1 aliphatic rings. The van der Waals surface area contributed by atoms with E-state index in [4.69, 9.17) is 0 Å². The molecule has 0 saturated carbocycles. The number of hydrogen-bond acceptors (Lipinski definition) is 4. The summed E-state index contributed by atoms with van der Waals surface area (Å²) in [7, 11) is -1.39. The highest BCUT2D eigenvalue weighted by Crippen LogP contribution is 2.12. The van der Waals surface area contributed by atoms with Gasteiger partial charge in [0.25, 0.3) is 0 Å². The van der Waals surface area contributed by atoms with Crippen LogP contribution in [-0.2, 0) is 23.6 Å². The second-order valence-electron chi connectivity index (χ2n) is 4.84. The summed E-state index contributed by atoms with van der Waals surface area (Å²) in [6.45, 7) is 2.11. The Balaban J connectivity index is 1.83. The van der Waals surface area contributed by atoms with Crippen molar-refractivity contribution >= 4 is 10.0 Å². The van der Waals surface area contributed by atoms with E-state index >= 15 is 0 Å². The minimum absolute atomic E-state index is 0.209.